The number of fused-ring (bicyclic) bond motifs is 3. The SMILES string of the molecule is CC(C)(C)OC(=O)NCC12CCC(CC1)CN2.Cl. The Bertz CT molecular complexity index is 280. The molecule has 0 aromatic heterocycles. The maximum atomic E-state index is 11.6. The molecule has 1 saturated carbocycles. The van der Waals surface area contributed by atoms with Crippen LogP contribution < -0.4 is 10.6 Å². The van der Waals surface area contributed by atoms with E-state index in [0.29, 0.717) is 6.54 Å². The molecule has 0 atom stereocenters. The largest absolute Gasteiger partial charge is 0.444 e. The number of ether oxygens (including phenoxy) is 1. The quantitative estimate of drug-likeness (QED) is 0.815. The van der Waals surface area contributed by atoms with E-state index in [4.69, 9.17) is 4.74 Å². The van der Waals surface area contributed by atoms with Crippen LogP contribution in [-0.2, 0) is 4.74 Å². The Labute approximate surface area is 116 Å². The van der Waals surface area contributed by atoms with E-state index in [1.807, 2.05) is 20.8 Å². The Hall–Kier alpha value is -0.480. The van der Waals surface area contributed by atoms with Crippen LogP contribution in [0.15, 0.2) is 0 Å². The molecule has 18 heavy (non-hydrogen) atoms. The highest BCUT2D eigenvalue weighted by Gasteiger charge is 2.40. The van der Waals surface area contributed by atoms with E-state index >= 15 is 0 Å². The number of rotatable bonds is 2. The van der Waals surface area contributed by atoms with Crippen molar-refractivity contribution in [3.8, 4) is 0 Å². The van der Waals surface area contributed by atoms with Gasteiger partial charge in [-0.15, -0.1) is 12.4 Å². The summed E-state index contributed by atoms with van der Waals surface area (Å²) >= 11 is 0. The molecule has 2 saturated heterocycles. The lowest BCUT2D eigenvalue weighted by atomic mass is 9.72. The third-order valence-corrected chi connectivity index (χ3v) is 3.80. The van der Waals surface area contributed by atoms with Crippen molar-refractivity contribution in [3.63, 3.8) is 0 Å². The first kappa shape index (κ1) is 15.6. The number of carbonyl (C=O) groups excluding carboxylic acids is 1. The van der Waals surface area contributed by atoms with Crippen LogP contribution in [0.25, 0.3) is 0 Å². The molecule has 0 unspecified atom stereocenters. The molecule has 2 heterocycles. The monoisotopic (exact) mass is 276 g/mol. The second-order valence-electron chi connectivity index (χ2n) is 6.46. The summed E-state index contributed by atoms with van der Waals surface area (Å²) in [6.07, 6.45) is 4.63. The van der Waals surface area contributed by atoms with Crippen LogP contribution in [-0.4, -0.2) is 30.3 Å². The zero-order chi connectivity index (χ0) is 12.5. The second-order valence-corrected chi connectivity index (χ2v) is 6.46. The summed E-state index contributed by atoms with van der Waals surface area (Å²) in [6.45, 7) is 7.45. The van der Waals surface area contributed by atoms with E-state index in [0.717, 1.165) is 12.5 Å². The van der Waals surface area contributed by atoms with Crippen LogP contribution in [0.4, 0.5) is 4.79 Å². The number of piperidine rings is 2. The first-order valence-electron chi connectivity index (χ1n) is 6.60. The molecular formula is C13H25ClN2O2. The highest BCUT2D eigenvalue weighted by atomic mass is 35.5. The van der Waals surface area contributed by atoms with Gasteiger partial charge in [0.2, 0.25) is 0 Å². The van der Waals surface area contributed by atoms with Gasteiger partial charge in [0.15, 0.2) is 0 Å². The zero-order valence-electron chi connectivity index (χ0n) is 11.5. The predicted octanol–water partition coefficient (Wildman–Crippen LogP) is 2.47. The average Bonchev–Trinajstić information content (AvgIpc) is 2.27. The van der Waals surface area contributed by atoms with Gasteiger partial charge in [0.1, 0.15) is 5.60 Å². The molecule has 3 fully saturated rings. The summed E-state index contributed by atoms with van der Waals surface area (Å²) < 4.78 is 5.25. The number of halogens is 1. The van der Waals surface area contributed by atoms with Crippen molar-refractivity contribution < 1.29 is 9.53 Å². The number of carbonyl (C=O) groups is 1. The maximum Gasteiger partial charge on any atom is 0.407 e. The predicted molar refractivity (Wildman–Crippen MR) is 74.2 cm³/mol. The molecule has 3 aliphatic rings. The van der Waals surface area contributed by atoms with Gasteiger partial charge in [0.05, 0.1) is 0 Å². The minimum Gasteiger partial charge on any atom is -0.444 e. The van der Waals surface area contributed by atoms with E-state index in [2.05, 4.69) is 10.6 Å². The van der Waals surface area contributed by atoms with Crippen molar-refractivity contribution in [1.29, 1.82) is 0 Å². The van der Waals surface area contributed by atoms with Gasteiger partial charge in [-0.1, -0.05) is 0 Å². The fourth-order valence-corrected chi connectivity index (χ4v) is 2.77. The van der Waals surface area contributed by atoms with Gasteiger partial charge in [-0.25, -0.2) is 4.79 Å². The van der Waals surface area contributed by atoms with Gasteiger partial charge < -0.3 is 15.4 Å². The molecule has 1 amide bonds. The summed E-state index contributed by atoms with van der Waals surface area (Å²) in [5, 5.41) is 6.48. The van der Waals surface area contributed by atoms with Gasteiger partial charge in [-0.2, -0.15) is 0 Å². The van der Waals surface area contributed by atoms with Crippen molar-refractivity contribution in [2.45, 2.75) is 57.6 Å². The van der Waals surface area contributed by atoms with Crippen LogP contribution >= 0.6 is 12.4 Å². The number of nitrogens with one attached hydrogen (secondary N) is 2. The third kappa shape index (κ3) is 4.02. The summed E-state index contributed by atoms with van der Waals surface area (Å²) in [5.74, 6) is 0.860. The highest BCUT2D eigenvalue weighted by Crippen LogP contribution is 2.36. The lowest BCUT2D eigenvalue weighted by Gasteiger charge is -2.47. The minimum atomic E-state index is -0.417. The van der Waals surface area contributed by atoms with Crippen LogP contribution in [0.3, 0.4) is 0 Å². The Morgan fingerprint density at radius 2 is 2.00 bits per heavy atom. The van der Waals surface area contributed by atoms with Crippen LogP contribution in [0.5, 0.6) is 0 Å². The Morgan fingerprint density at radius 1 is 1.39 bits per heavy atom. The minimum absolute atomic E-state index is 0. The molecule has 2 aliphatic heterocycles. The molecule has 3 rings (SSSR count). The fraction of sp³-hybridized carbons (Fsp3) is 0.923. The maximum absolute atomic E-state index is 11.6. The van der Waals surface area contributed by atoms with Crippen molar-refractivity contribution in [1.82, 2.24) is 10.6 Å². The van der Waals surface area contributed by atoms with Gasteiger partial charge in [0, 0.05) is 12.1 Å². The smallest absolute Gasteiger partial charge is 0.407 e. The summed E-state index contributed by atoms with van der Waals surface area (Å²) in [4.78, 5) is 11.6. The van der Waals surface area contributed by atoms with Gasteiger partial charge in [0.25, 0.3) is 0 Å². The molecule has 0 spiro atoms. The lowest BCUT2D eigenvalue weighted by molar-refractivity contribution is 0.0468. The van der Waals surface area contributed by atoms with Crippen molar-refractivity contribution in [2.75, 3.05) is 13.1 Å². The normalized spacial score (nSPS) is 30.5. The molecular weight excluding hydrogens is 252 g/mol. The first-order chi connectivity index (χ1) is 7.89. The molecule has 0 aromatic rings. The Morgan fingerprint density at radius 3 is 2.44 bits per heavy atom. The van der Waals surface area contributed by atoms with E-state index < -0.39 is 5.60 Å². The second kappa shape index (κ2) is 5.66. The van der Waals surface area contributed by atoms with E-state index in [-0.39, 0.29) is 24.0 Å². The fourth-order valence-electron chi connectivity index (χ4n) is 2.77. The Kier molecular flexibility index (Phi) is 4.90. The molecule has 0 aromatic carbocycles. The van der Waals surface area contributed by atoms with Crippen molar-refractivity contribution in [2.24, 2.45) is 5.92 Å². The van der Waals surface area contributed by atoms with E-state index in [1.54, 1.807) is 0 Å². The molecule has 2 N–H and O–H groups in total. The van der Waals surface area contributed by atoms with Gasteiger partial charge in [-0.05, 0) is 58.9 Å². The van der Waals surface area contributed by atoms with E-state index in [1.165, 1.54) is 25.7 Å². The van der Waals surface area contributed by atoms with Gasteiger partial charge >= 0.3 is 6.09 Å². The molecule has 1 aliphatic carbocycles. The number of hydrogen-bond donors (Lipinski definition) is 2. The Balaban J connectivity index is 0.00000162. The molecule has 0 radical (unpaired) electrons. The number of alkyl carbamates (subject to hydrolysis) is 1. The average molecular weight is 277 g/mol. The lowest BCUT2D eigenvalue weighted by Crippen LogP contribution is -2.61. The zero-order valence-corrected chi connectivity index (χ0v) is 12.4. The summed E-state index contributed by atoms with van der Waals surface area (Å²) in [5.41, 5.74) is -0.287. The molecule has 106 valence electrons. The van der Waals surface area contributed by atoms with Crippen LogP contribution in [0.2, 0.25) is 0 Å². The van der Waals surface area contributed by atoms with Crippen LogP contribution in [0, 0.1) is 5.92 Å². The molecule has 4 nitrogen and oxygen atoms in total. The van der Waals surface area contributed by atoms with E-state index in [9.17, 15) is 4.79 Å². The van der Waals surface area contributed by atoms with Crippen molar-refractivity contribution >= 4 is 18.5 Å². The molecule has 2 bridgehead atoms. The topological polar surface area (TPSA) is 50.4 Å². The van der Waals surface area contributed by atoms with Crippen molar-refractivity contribution in [3.05, 3.63) is 0 Å². The summed E-state index contributed by atoms with van der Waals surface area (Å²) in [7, 11) is 0. The third-order valence-electron chi connectivity index (χ3n) is 3.80. The van der Waals surface area contributed by atoms with Gasteiger partial charge in [-0.3, -0.25) is 0 Å². The standard InChI is InChI=1S/C13H24N2O2.ClH/c1-12(2,3)17-11(16)14-9-13-6-4-10(5-7-13)8-15-13;/h10,15H,4-9H2,1-3H3,(H,14,16);1H. The first-order valence-corrected chi connectivity index (χ1v) is 6.60. The summed E-state index contributed by atoms with van der Waals surface area (Å²) in [6, 6.07) is 0. The number of amides is 1. The number of hydrogen-bond acceptors (Lipinski definition) is 3. The highest BCUT2D eigenvalue weighted by molar-refractivity contribution is 5.85. The molecule has 5 heteroatoms. The van der Waals surface area contributed by atoms with Crippen LogP contribution in [0.1, 0.15) is 46.5 Å².